The fourth-order valence-corrected chi connectivity index (χ4v) is 2.05. The van der Waals surface area contributed by atoms with Crippen molar-refractivity contribution in [1.82, 2.24) is 0 Å². The van der Waals surface area contributed by atoms with Crippen molar-refractivity contribution < 1.29 is 4.79 Å². The normalized spacial score (nSPS) is 19.7. The van der Waals surface area contributed by atoms with Gasteiger partial charge in [0.25, 0.3) is 0 Å². The van der Waals surface area contributed by atoms with Crippen LogP contribution in [-0.2, 0) is 11.2 Å². The largest absolute Gasteiger partial charge is 0.295 e. The number of rotatable bonds is 4. The molecule has 1 aromatic carbocycles. The predicted octanol–water partition coefficient (Wildman–Crippen LogP) is 3.15. The summed E-state index contributed by atoms with van der Waals surface area (Å²) in [5.74, 6) is 0.793. The lowest BCUT2D eigenvalue weighted by atomic mass is 9.99. The minimum Gasteiger partial charge on any atom is -0.295 e. The van der Waals surface area contributed by atoms with Crippen molar-refractivity contribution in [2.24, 2.45) is 5.92 Å². The van der Waals surface area contributed by atoms with Crippen molar-refractivity contribution in [2.45, 2.75) is 25.7 Å². The SMILES string of the molecule is O=C1C=C[C@@H](CCCc2ccccc2)C1. The molecule has 0 N–H and O–H groups in total. The summed E-state index contributed by atoms with van der Waals surface area (Å²) in [6.45, 7) is 0. The highest BCUT2D eigenvalue weighted by molar-refractivity contribution is 5.92. The maximum absolute atomic E-state index is 11.0. The van der Waals surface area contributed by atoms with Crippen LogP contribution in [0.1, 0.15) is 24.8 Å². The summed E-state index contributed by atoms with van der Waals surface area (Å²) in [6, 6.07) is 10.5. The number of ketones is 1. The number of allylic oxidation sites excluding steroid dienone is 2. The highest BCUT2D eigenvalue weighted by atomic mass is 16.1. The number of aryl methyl sites for hydroxylation is 1. The molecule has 0 saturated heterocycles. The van der Waals surface area contributed by atoms with Gasteiger partial charge < -0.3 is 0 Å². The van der Waals surface area contributed by atoms with E-state index in [9.17, 15) is 4.79 Å². The average Bonchev–Trinajstić information content (AvgIpc) is 2.66. The molecule has 1 nitrogen and oxygen atoms in total. The smallest absolute Gasteiger partial charge is 0.155 e. The summed E-state index contributed by atoms with van der Waals surface area (Å²) < 4.78 is 0. The highest BCUT2D eigenvalue weighted by Gasteiger charge is 2.14. The third kappa shape index (κ3) is 3.05. The molecule has 1 aromatic rings. The molecule has 15 heavy (non-hydrogen) atoms. The zero-order valence-corrected chi connectivity index (χ0v) is 8.86. The lowest BCUT2D eigenvalue weighted by Crippen LogP contribution is -1.97. The first-order chi connectivity index (χ1) is 7.34. The van der Waals surface area contributed by atoms with Gasteiger partial charge in [-0.1, -0.05) is 36.4 Å². The Balaban J connectivity index is 1.72. The molecule has 0 aromatic heterocycles. The van der Waals surface area contributed by atoms with Gasteiger partial charge in [-0.2, -0.15) is 0 Å². The Bertz CT molecular complexity index is 351. The summed E-state index contributed by atoms with van der Waals surface area (Å²) in [4.78, 5) is 11.0. The van der Waals surface area contributed by atoms with E-state index in [1.807, 2.05) is 6.07 Å². The van der Waals surface area contributed by atoms with Crippen molar-refractivity contribution in [3.63, 3.8) is 0 Å². The second-order valence-corrected chi connectivity index (χ2v) is 4.17. The molecule has 0 radical (unpaired) electrons. The molecule has 0 aliphatic heterocycles. The summed E-state index contributed by atoms with van der Waals surface area (Å²) in [5.41, 5.74) is 1.39. The van der Waals surface area contributed by atoms with Gasteiger partial charge in [-0.25, -0.2) is 0 Å². The maximum atomic E-state index is 11.0. The molecular weight excluding hydrogens is 184 g/mol. The molecule has 0 unspecified atom stereocenters. The molecule has 1 heteroatoms. The minimum absolute atomic E-state index is 0.291. The Kier molecular flexibility index (Phi) is 3.33. The molecule has 0 amide bonds. The van der Waals surface area contributed by atoms with Crippen molar-refractivity contribution in [1.29, 1.82) is 0 Å². The molecule has 0 spiro atoms. The van der Waals surface area contributed by atoms with E-state index >= 15 is 0 Å². The standard InChI is InChI=1S/C14H16O/c15-14-10-9-13(11-14)8-4-7-12-5-2-1-3-6-12/h1-3,5-6,9-10,13H,4,7-8,11H2/t13-/m1/s1. The van der Waals surface area contributed by atoms with Gasteiger partial charge in [0.1, 0.15) is 0 Å². The molecule has 0 heterocycles. The van der Waals surface area contributed by atoms with Crippen molar-refractivity contribution in [3.05, 3.63) is 48.0 Å². The molecule has 1 aliphatic carbocycles. The van der Waals surface area contributed by atoms with Crippen LogP contribution in [0.2, 0.25) is 0 Å². The first kappa shape index (κ1) is 10.2. The molecule has 0 fully saturated rings. The van der Waals surface area contributed by atoms with Crippen LogP contribution in [0.4, 0.5) is 0 Å². The molecule has 0 saturated carbocycles. The van der Waals surface area contributed by atoms with Crippen LogP contribution in [-0.4, -0.2) is 5.78 Å². The molecule has 2 rings (SSSR count). The quantitative estimate of drug-likeness (QED) is 0.729. The van der Waals surface area contributed by atoms with Gasteiger partial charge in [0, 0.05) is 6.42 Å². The lowest BCUT2D eigenvalue weighted by Gasteiger charge is -2.06. The van der Waals surface area contributed by atoms with Crippen LogP contribution in [0.3, 0.4) is 0 Å². The fourth-order valence-electron chi connectivity index (χ4n) is 2.05. The highest BCUT2D eigenvalue weighted by Crippen LogP contribution is 2.20. The maximum Gasteiger partial charge on any atom is 0.155 e. The molecule has 0 bridgehead atoms. The Morgan fingerprint density at radius 2 is 2.00 bits per heavy atom. The first-order valence-electron chi connectivity index (χ1n) is 5.59. The van der Waals surface area contributed by atoms with Crippen LogP contribution in [0.5, 0.6) is 0 Å². The predicted molar refractivity (Wildman–Crippen MR) is 61.6 cm³/mol. The summed E-state index contributed by atoms with van der Waals surface area (Å²) in [7, 11) is 0. The van der Waals surface area contributed by atoms with Crippen LogP contribution in [0.15, 0.2) is 42.5 Å². The van der Waals surface area contributed by atoms with Gasteiger partial charge in [-0.15, -0.1) is 0 Å². The van der Waals surface area contributed by atoms with Gasteiger partial charge >= 0.3 is 0 Å². The van der Waals surface area contributed by atoms with Gasteiger partial charge in [0.15, 0.2) is 5.78 Å². The summed E-state index contributed by atoms with van der Waals surface area (Å²) in [5, 5.41) is 0. The van der Waals surface area contributed by atoms with E-state index in [1.54, 1.807) is 6.08 Å². The van der Waals surface area contributed by atoms with Crippen molar-refractivity contribution in [3.8, 4) is 0 Å². The average molecular weight is 200 g/mol. The number of carbonyl (C=O) groups excluding carboxylic acids is 1. The molecule has 1 aliphatic rings. The zero-order valence-electron chi connectivity index (χ0n) is 8.86. The van der Waals surface area contributed by atoms with Crippen LogP contribution in [0, 0.1) is 5.92 Å². The second-order valence-electron chi connectivity index (χ2n) is 4.17. The number of carbonyl (C=O) groups is 1. The van der Waals surface area contributed by atoms with E-state index < -0.39 is 0 Å². The van der Waals surface area contributed by atoms with Crippen LogP contribution >= 0.6 is 0 Å². The monoisotopic (exact) mass is 200 g/mol. The fraction of sp³-hybridized carbons (Fsp3) is 0.357. The zero-order chi connectivity index (χ0) is 10.5. The van der Waals surface area contributed by atoms with Crippen molar-refractivity contribution in [2.75, 3.05) is 0 Å². The second kappa shape index (κ2) is 4.92. The molecule has 1 atom stereocenters. The topological polar surface area (TPSA) is 17.1 Å². The summed E-state index contributed by atoms with van der Waals surface area (Å²) >= 11 is 0. The third-order valence-electron chi connectivity index (χ3n) is 2.90. The van der Waals surface area contributed by atoms with Crippen molar-refractivity contribution >= 4 is 5.78 Å². The van der Waals surface area contributed by atoms with E-state index in [1.165, 1.54) is 12.0 Å². The van der Waals surface area contributed by atoms with E-state index in [4.69, 9.17) is 0 Å². The van der Waals surface area contributed by atoms with Gasteiger partial charge in [0.05, 0.1) is 0 Å². The van der Waals surface area contributed by atoms with Gasteiger partial charge in [-0.3, -0.25) is 4.79 Å². The summed E-state index contributed by atoms with van der Waals surface area (Å²) in [6.07, 6.45) is 7.96. The Morgan fingerprint density at radius 1 is 1.20 bits per heavy atom. The first-order valence-corrected chi connectivity index (χ1v) is 5.59. The minimum atomic E-state index is 0.291. The molecular formula is C14H16O. The van der Waals surface area contributed by atoms with E-state index in [0.717, 1.165) is 19.3 Å². The number of hydrogen-bond donors (Lipinski definition) is 0. The van der Waals surface area contributed by atoms with E-state index in [0.29, 0.717) is 11.7 Å². The Hall–Kier alpha value is -1.37. The van der Waals surface area contributed by atoms with Gasteiger partial charge in [0.2, 0.25) is 0 Å². The van der Waals surface area contributed by atoms with E-state index in [-0.39, 0.29) is 0 Å². The number of hydrogen-bond acceptors (Lipinski definition) is 1. The van der Waals surface area contributed by atoms with Crippen LogP contribution in [0.25, 0.3) is 0 Å². The lowest BCUT2D eigenvalue weighted by molar-refractivity contribution is -0.114. The molecule has 78 valence electrons. The van der Waals surface area contributed by atoms with Gasteiger partial charge in [-0.05, 0) is 36.8 Å². The van der Waals surface area contributed by atoms with E-state index in [2.05, 4.69) is 30.3 Å². The Labute approximate surface area is 90.8 Å². The van der Waals surface area contributed by atoms with Crippen LogP contribution < -0.4 is 0 Å². The Morgan fingerprint density at radius 3 is 2.67 bits per heavy atom. The number of benzene rings is 1. The third-order valence-corrected chi connectivity index (χ3v) is 2.90.